The van der Waals surface area contributed by atoms with Crippen LogP contribution in [-0.4, -0.2) is 15.5 Å². The van der Waals surface area contributed by atoms with Crippen molar-refractivity contribution in [3.63, 3.8) is 0 Å². The second-order valence-electron chi connectivity index (χ2n) is 3.98. The van der Waals surface area contributed by atoms with Gasteiger partial charge in [-0.05, 0) is 19.9 Å². The van der Waals surface area contributed by atoms with E-state index in [1.165, 1.54) is 0 Å². The lowest BCUT2D eigenvalue weighted by molar-refractivity contribution is 0.508. The number of rotatable bonds is 3. The average Bonchev–Trinajstić information content (AvgIpc) is 2.01. The Kier molecular flexibility index (Phi) is 2.98. The number of aromatic nitrogens is 2. The molecule has 3 nitrogen and oxygen atoms in total. The van der Waals surface area contributed by atoms with Crippen LogP contribution in [0.1, 0.15) is 32.3 Å². The van der Waals surface area contributed by atoms with Gasteiger partial charge < -0.3 is 5.73 Å². The van der Waals surface area contributed by atoms with E-state index in [-0.39, 0.29) is 5.54 Å². The summed E-state index contributed by atoms with van der Waals surface area (Å²) in [5.41, 5.74) is 6.73. The summed E-state index contributed by atoms with van der Waals surface area (Å²) in [4.78, 5) is 8.52. The van der Waals surface area contributed by atoms with Gasteiger partial charge in [-0.2, -0.15) is 0 Å². The van der Waals surface area contributed by atoms with Gasteiger partial charge in [-0.15, -0.1) is 0 Å². The first-order valence-corrected chi connectivity index (χ1v) is 4.61. The molecule has 0 aromatic carbocycles. The van der Waals surface area contributed by atoms with Gasteiger partial charge in [0.25, 0.3) is 0 Å². The standard InChI is InChI=1S/C10H17N3/c1-4-9-12-6-5-8(13-9)7-10(2,3)11/h5-6H,4,7,11H2,1-3H3. The van der Waals surface area contributed by atoms with Crippen molar-refractivity contribution in [1.29, 1.82) is 0 Å². The van der Waals surface area contributed by atoms with Gasteiger partial charge in [-0.3, -0.25) is 0 Å². The van der Waals surface area contributed by atoms with Crippen LogP contribution in [-0.2, 0) is 12.8 Å². The summed E-state index contributed by atoms with van der Waals surface area (Å²) in [6.45, 7) is 6.05. The number of hydrogen-bond donors (Lipinski definition) is 1. The van der Waals surface area contributed by atoms with E-state index in [0.717, 1.165) is 24.4 Å². The number of nitrogens with zero attached hydrogens (tertiary/aromatic N) is 2. The Morgan fingerprint density at radius 2 is 2.15 bits per heavy atom. The predicted molar refractivity (Wildman–Crippen MR) is 53.4 cm³/mol. The van der Waals surface area contributed by atoms with E-state index in [4.69, 9.17) is 5.73 Å². The van der Waals surface area contributed by atoms with E-state index in [0.29, 0.717) is 0 Å². The molecule has 0 bridgehead atoms. The molecule has 1 heterocycles. The Morgan fingerprint density at radius 3 is 2.69 bits per heavy atom. The monoisotopic (exact) mass is 179 g/mol. The van der Waals surface area contributed by atoms with E-state index in [1.54, 1.807) is 6.20 Å². The maximum atomic E-state index is 5.90. The third kappa shape index (κ3) is 3.51. The lowest BCUT2D eigenvalue weighted by Crippen LogP contribution is -2.34. The maximum Gasteiger partial charge on any atom is 0.128 e. The molecule has 0 saturated carbocycles. The molecule has 0 fully saturated rings. The van der Waals surface area contributed by atoms with Crippen molar-refractivity contribution in [2.45, 2.75) is 39.2 Å². The topological polar surface area (TPSA) is 51.8 Å². The quantitative estimate of drug-likeness (QED) is 0.761. The first-order valence-electron chi connectivity index (χ1n) is 4.61. The molecule has 0 saturated heterocycles. The number of aryl methyl sites for hydroxylation is 1. The minimum absolute atomic E-state index is 0.195. The van der Waals surface area contributed by atoms with E-state index in [2.05, 4.69) is 9.97 Å². The molecule has 0 atom stereocenters. The molecule has 0 aliphatic carbocycles. The van der Waals surface area contributed by atoms with Gasteiger partial charge in [0.2, 0.25) is 0 Å². The summed E-state index contributed by atoms with van der Waals surface area (Å²) in [5, 5.41) is 0. The van der Waals surface area contributed by atoms with Gasteiger partial charge in [0.15, 0.2) is 0 Å². The van der Waals surface area contributed by atoms with Crippen molar-refractivity contribution >= 4 is 0 Å². The van der Waals surface area contributed by atoms with Gasteiger partial charge in [-0.25, -0.2) is 9.97 Å². The highest BCUT2D eigenvalue weighted by Crippen LogP contribution is 2.07. The van der Waals surface area contributed by atoms with Crippen LogP contribution >= 0.6 is 0 Å². The van der Waals surface area contributed by atoms with Crippen LogP contribution in [0.25, 0.3) is 0 Å². The second-order valence-corrected chi connectivity index (χ2v) is 3.98. The van der Waals surface area contributed by atoms with E-state index in [1.807, 2.05) is 26.8 Å². The van der Waals surface area contributed by atoms with Crippen LogP contribution in [0.2, 0.25) is 0 Å². The molecular formula is C10H17N3. The van der Waals surface area contributed by atoms with Crippen LogP contribution in [0.3, 0.4) is 0 Å². The molecule has 72 valence electrons. The van der Waals surface area contributed by atoms with Crippen LogP contribution in [0.15, 0.2) is 12.3 Å². The predicted octanol–water partition coefficient (Wildman–Crippen LogP) is 1.32. The number of nitrogens with two attached hydrogens (primary N) is 1. The van der Waals surface area contributed by atoms with Crippen molar-refractivity contribution in [2.75, 3.05) is 0 Å². The van der Waals surface area contributed by atoms with Gasteiger partial charge in [-0.1, -0.05) is 6.92 Å². The third-order valence-electron chi connectivity index (χ3n) is 1.72. The van der Waals surface area contributed by atoms with Crippen LogP contribution in [0, 0.1) is 0 Å². The normalized spacial score (nSPS) is 11.7. The largest absolute Gasteiger partial charge is 0.325 e. The fourth-order valence-corrected chi connectivity index (χ4v) is 1.18. The Morgan fingerprint density at radius 1 is 1.46 bits per heavy atom. The zero-order valence-corrected chi connectivity index (χ0v) is 8.54. The zero-order chi connectivity index (χ0) is 9.90. The van der Waals surface area contributed by atoms with E-state index in [9.17, 15) is 0 Å². The van der Waals surface area contributed by atoms with Crippen molar-refractivity contribution < 1.29 is 0 Å². The van der Waals surface area contributed by atoms with E-state index < -0.39 is 0 Å². The molecule has 1 rings (SSSR count). The minimum atomic E-state index is -0.195. The fraction of sp³-hybridized carbons (Fsp3) is 0.600. The Labute approximate surface area is 79.4 Å². The molecule has 3 heteroatoms. The van der Waals surface area contributed by atoms with Crippen molar-refractivity contribution in [3.05, 3.63) is 23.8 Å². The molecule has 2 N–H and O–H groups in total. The van der Waals surface area contributed by atoms with Crippen molar-refractivity contribution in [2.24, 2.45) is 5.73 Å². The zero-order valence-electron chi connectivity index (χ0n) is 8.54. The number of hydrogen-bond acceptors (Lipinski definition) is 3. The van der Waals surface area contributed by atoms with Crippen LogP contribution in [0.4, 0.5) is 0 Å². The molecule has 13 heavy (non-hydrogen) atoms. The Balaban J connectivity index is 2.78. The first-order chi connectivity index (χ1) is 6.01. The first kappa shape index (κ1) is 10.1. The summed E-state index contributed by atoms with van der Waals surface area (Å²) in [7, 11) is 0. The summed E-state index contributed by atoms with van der Waals surface area (Å²) in [5.74, 6) is 0.891. The van der Waals surface area contributed by atoms with Gasteiger partial charge >= 0.3 is 0 Å². The maximum absolute atomic E-state index is 5.90. The second kappa shape index (κ2) is 3.83. The third-order valence-corrected chi connectivity index (χ3v) is 1.72. The Bertz CT molecular complexity index is 276. The molecule has 0 unspecified atom stereocenters. The molecular weight excluding hydrogens is 162 g/mol. The lowest BCUT2D eigenvalue weighted by Gasteiger charge is -2.17. The highest BCUT2D eigenvalue weighted by atomic mass is 14.9. The van der Waals surface area contributed by atoms with Gasteiger partial charge in [0.1, 0.15) is 5.82 Å². The minimum Gasteiger partial charge on any atom is -0.325 e. The van der Waals surface area contributed by atoms with Gasteiger partial charge in [0.05, 0.1) is 0 Å². The molecule has 0 radical (unpaired) electrons. The molecule has 0 aliphatic heterocycles. The molecule has 0 aliphatic rings. The highest BCUT2D eigenvalue weighted by molar-refractivity contribution is 5.06. The van der Waals surface area contributed by atoms with E-state index >= 15 is 0 Å². The summed E-state index contributed by atoms with van der Waals surface area (Å²) >= 11 is 0. The summed E-state index contributed by atoms with van der Waals surface area (Å²) in [6, 6.07) is 1.92. The molecule has 0 amide bonds. The van der Waals surface area contributed by atoms with Crippen molar-refractivity contribution in [3.8, 4) is 0 Å². The molecule has 0 spiro atoms. The average molecular weight is 179 g/mol. The SMILES string of the molecule is CCc1nccc(CC(C)(C)N)n1. The van der Waals surface area contributed by atoms with Gasteiger partial charge in [0, 0.05) is 30.3 Å². The smallest absolute Gasteiger partial charge is 0.128 e. The fourth-order valence-electron chi connectivity index (χ4n) is 1.18. The molecule has 1 aromatic heterocycles. The Hall–Kier alpha value is -0.960. The lowest BCUT2D eigenvalue weighted by atomic mass is 10.00. The molecule has 1 aromatic rings. The van der Waals surface area contributed by atoms with Crippen molar-refractivity contribution in [1.82, 2.24) is 9.97 Å². The van der Waals surface area contributed by atoms with Crippen LogP contribution in [0.5, 0.6) is 0 Å². The van der Waals surface area contributed by atoms with Crippen LogP contribution < -0.4 is 5.73 Å². The summed E-state index contributed by atoms with van der Waals surface area (Å²) in [6.07, 6.45) is 3.47. The highest BCUT2D eigenvalue weighted by Gasteiger charge is 2.12. The summed E-state index contributed by atoms with van der Waals surface area (Å²) < 4.78 is 0.